The molecule has 30 heavy (non-hydrogen) atoms. The molecule has 1 aliphatic rings. The number of rotatable bonds is 19. The second kappa shape index (κ2) is 19.2. The van der Waals surface area contributed by atoms with Crippen LogP contribution in [0.1, 0.15) is 103 Å². The minimum Gasteiger partial charge on any atom is -0.388 e. The Kier molecular flexibility index (Phi) is 17.7. The molecule has 5 nitrogen and oxygen atoms in total. The maximum atomic E-state index is 9.84. The van der Waals surface area contributed by atoms with Gasteiger partial charge in [0.25, 0.3) is 0 Å². The van der Waals surface area contributed by atoms with Gasteiger partial charge in [0.1, 0.15) is 24.4 Å². The fourth-order valence-corrected chi connectivity index (χ4v) is 3.84. The van der Waals surface area contributed by atoms with E-state index in [1.807, 2.05) is 0 Å². The zero-order valence-corrected chi connectivity index (χ0v) is 19.4. The monoisotopic (exact) mass is 428 g/mol. The van der Waals surface area contributed by atoms with Crippen molar-refractivity contribution in [3.05, 3.63) is 12.2 Å². The van der Waals surface area contributed by atoms with Crippen LogP contribution in [0, 0.1) is 0 Å². The van der Waals surface area contributed by atoms with Crippen molar-refractivity contribution in [2.75, 3.05) is 19.8 Å². The molecule has 1 rings (SSSR count). The maximum absolute atomic E-state index is 9.84. The molecule has 1 aliphatic heterocycles. The van der Waals surface area contributed by atoms with Gasteiger partial charge in [-0.3, -0.25) is 0 Å². The van der Waals surface area contributed by atoms with E-state index >= 15 is 0 Å². The molecule has 0 radical (unpaired) electrons. The maximum Gasteiger partial charge on any atom is 0.111 e. The van der Waals surface area contributed by atoms with Gasteiger partial charge < -0.3 is 24.8 Å². The highest BCUT2D eigenvalue weighted by Gasteiger charge is 2.37. The van der Waals surface area contributed by atoms with Crippen LogP contribution in [0.15, 0.2) is 12.2 Å². The van der Waals surface area contributed by atoms with Crippen molar-refractivity contribution in [1.29, 1.82) is 0 Å². The van der Waals surface area contributed by atoms with E-state index in [0.29, 0.717) is 6.61 Å². The summed E-state index contributed by atoms with van der Waals surface area (Å²) in [5, 5.41) is 28.9. The van der Waals surface area contributed by atoms with Crippen LogP contribution in [0.2, 0.25) is 0 Å². The lowest BCUT2D eigenvalue weighted by molar-refractivity contribution is -0.199. The van der Waals surface area contributed by atoms with Crippen LogP contribution in [0.3, 0.4) is 0 Å². The third-order valence-electron chi connectivity index (χ3n) is 5.94. The fourth-order valence-electron chi connectivity index (χ4n) is 3.84. The zero-order valence-electron chi connectivity index (χ0n) is 19.4. The van der Waals surface area contributed by atoms with Crippen molar-refractivity contribution in [1.82, 2.24) is 0 Å². The van der Waals surface area contributed by atoms with Crippen molar-refractivity contribution in [2.45, 2.75) is 128 Å². The van der Waals surface area contributed by atoms with E-state index in [4.69, 9.17) is 9.47 Å². The van der Waals surface area contributed by atoms with Gasteiger partial charge >= 0.3 is 0 Å². The summed E-state index contributed by atoms with van der Waals surface area (Å²) in [6.07, 6.45) is 20.4. The van der Waals surface area contributed by atoms with Crippen molar-refractivity contribution in [3.8, 4) is 0 Å². The van der Waals surface area contributed by atoms with Crippen molar-refractivity contribution in [2.24, 2.45) is 0 Å². The molecular weight excluding hydrogens is 380 g/mol. The minimum absolute atomic E-state index is 0.0394. The van der Waals surface area contributed by atoms with Gasteiger partial charge in [-0.25, -0.2) is 0 Å². The molecule has 5 heteroatoms. The SMILES string of the molecule is CCCCCCCCCCCC/C=C/CCCCCOC[C@@H]1OC[C@@H](O)[C@H](O)[C@H]1O. The Labute approximate surface area is 184 Å². The molecule has 1 fully saturated rings. The number of hydrogen-bond donors (Lipinski definition) is 3. The molecule has 0 bridgehead atoms. The van der Waals surface area contributed by atoms with Crippen molar-refractivity contribution >= 4 is 0 Å². The van der Waals surface area contributed by atoms with Gasteiger partial charge in [-0.1, -0.05) is 83.3 Å². The molecule has 4 atom stereocenters. The van der Waals surface area contributed by atoms with E-state index in [9.17, 15) is 15.3 Å². The molecule has 0 aromatic heterocycles. The first-order chi connectivity index (χ1) is 14.7. The predicted octanol–water partition coefficient (Wildman–Crippen LogP) is 4.91. The smallest absolute Gasteiger partial charge is 0.111 e. The average molecular weight is 429 g/mol. The lowest BCUT2D eigenvalue weighted by atomic mass is 10.0. The summed E-state index contributed by atoms with van der Waals surface area (Å²) < 4.78 is 10.9. The summed E-state index contributed by atoms with van der Waals surface area (Å²) in [4.78, 5) is 0. The molecule has 3 N–H and O–H groups in total. The molecule has 1 heterocycles. The van der Waals surface area contributed by atoms with Crippen LogP contribution >= 0.6 is 0 Å². The Hall–Kier alpha value is -0.460. The average Bonchev–Trinajstić information content (AvgIpc) is 2.75. The van der Waals surface area contributed by atoms with E-state index in [1.54, 1.807) is 0 Å². The first-order valence-electron chi connectivity index (χ1n) is 12.5. The van der Waals surface area contributed by atoms with Crippen LogP contribution in [0.4, 0.5) is 0 Å². The van der Waals surface area contributed by atoms with Gasteiger partial charge in [0, 0.05) is 6.61 Å². The molecular formula is C25H48O5. The van der Waals surface area contributed by atoms with E-state index in [2.05, 4.69) is 19.1 Å². The summed E-state index contributed by atoms with van der Waals surface area (Å²) in [7, 11) is 0. The molecule has 1 saturated heterocycles. The van der Waals surface area contributed by atoms with Gasteiger partial charge in [-0.2, -0.15) is 0 Å². The number of unbranched alkanes of at least 4 members (excludes halogenated alkanes) is 13. The standard InChI is InChI=1S/C25H48O5/c1-2-3-4-5-6-7-8-9-10-11-12-13-14-15-16-17-18-19-29-21-23-25(28)24(27)22(26)20-30-23/h13-14,22-28H,2-12,15-21H2,1H3/b14-13+/t22-,23+,24+,25+/m1/s1. The second-order valence-electron chi connectivity index (χ2n) is 8.79. The van der Waals surface area contributed by atoms with Crippen molar-refractivity contribution in [3.63, 3.8) is 0 Å². The Bertz CT molecular complexity index is 401. The number of ether oxygens (including phenoxy) is 2. The summed E-state index contributed by atoms with van der Waals surface area (Å²) >= 11 is 0. The summed E-state index contributed by atoms with van der Waals surface area (Å²) in [6, 6.07) is 0. The second-order valence-corrected chi connectivity index (χ2v) is 8.79. The highest BCUT2D eigenvalue weighted by atomic mass is 16.6. The van der Waals surface area contributed by atoms with Crippen LogP contribution in [-0.2, 0) is 9.47 Å². The highest BCUT2D eigenvalue weighted by Crippen LogP contribution is 2.16. The summed E-state index contributed by atoms with van der Waals surface area (Å²) in [5.41, 5.74) is 0. The van der Waals surface area contributed by atoms with Gasteiger partial charge in [0.15, 0.2) is 0 Å². The summed E-state index contributed by atoms with van der Waals surface area (Å²) in [5.74, 6) is 0. The number of hydrogen-bond acceptors (Lipinski definition) is 5. The zero-order chi connectivity index (χ0) is 21.9. The molecule has 0 unspecified atom stereocenters. The third kappa shape index (κ3) is 13.8. The number of aliphatic hydroxyl groups is 3. The third-order valence-corrected chi connectivity index (χ3v) is 5.94. The van der Waals surface area contributed by atoms with Gasteiger partial charge in [-0.15, -0.1) is 0 Å². The lowest BCUT2D eigenvalue weighted by Crippen LogP contribution is -2.54. The van der Waals surface area contributed by atoms with Gasteiger partial charge in [0.2, 0.25) is 0 Å². The normalized spacial score (nSPS) is 24.7. The molecule has 0 spiro atoms. The van der Waals surface area contributed by atoms with Gasteiger partial charge in [0.05, 0.1) is 13.2 Å². The Balaban J connectivity index is 1.79. The largest absolute Gasteiger partial charge is 0.388 e. The predicted molar refractivity (Wildman–Crippen MR) is 123 cm³/mol. The highest BCUT2D eigenvalue weighted by molar-refractivity contribution is 4.86. The van der Waals surface area contributed by atoms with E-state index < -0.39 is 24.4 Å². The van der Waals surface area contributed by atoms with Crippen molar-refractivity contribution < 1.29 is 24.8 Å². The molecule has 0 amide bonds. The van der Waals surface area contributed by atoms with Crippen LogP contribution in [0.5, 0.6) is 0 Å². The fraction of sp³-hybridized carbons (Fsp3) is 0.920. The minimum atomic E-state index is -1.15. The first-order valence-corrected chi connectivity index (χ1v) is 12.5. The molecule has 178 valence electrons. The number of aliphatic hydroxyl groups excluding tert-OH is 3. The Morgan fingerprint density at radius 3 is 1.87 bits per heavy atom. The van der Waals surface area contributed by atoms with Gasteiger partial charge in [-0.05, 0) is 32.1 Å². The van der Waals surface area contributed by atoms with Crippen LogP contribution in [-0.4, -0.2) is 59.6 Å². The van der Waals surface area contributed by atoms with Crippen LogP contribution in [0.25, 0.3) is 0 Å². The topological polar surface area (TPSA) is 79.2 Å². The quantitative estimate of drug-likeness (QED) is 0.201. The lowest BCUT2D eigenvalue weighted by Gasteiger charge is -2.35. The molecule has 0 saturated carbocycles. The summed E-state index contributed by atoms with van der Waals surface area (Å²) in [6.45, 7) is 3.20. The molecule has 0 aliphatic carbocycles. The van der Waals surface area contributed by atoms with Crippen LogP contribution < -0.4 is 0 Å². The van der Waals surface area contributed by atoms with E-state index in [-0.39, 0.29) is 13.2 Å². The van der Waals surface area contributed by atoms with E-state index in [0.717, 1.165) is 19.3 Å². The first kappa shape index (κ1) is 27.6. The number of allylic oxidation sites excluding steroid dienone is 2. The molecule has 0 aromatic rings. The molecule has 0 aromatic carbocycles. The van der Waals surface area contributed by atoms with E-state index in [1.165, 1.54) is 77.0 Å². The Morgan fingerprint density at radius 1 is 0.733 bits per heavy atom. The Morgan fingerprint density at radius 2 is 1.27 bits per heavy atom.